The van der Waals surface area contributed by atoms with Crippen molar-refractivity contribution in [3.05, 3.63) is 53.7 Å². The van der Waals surface area contributed by atoms with Crippen molar-refractivity contribution in [2.75, 3.05) is 13.2 Å². The Hall–Kier alpha value is -1.74. The predicted octanol–water partition coefficient (Wildman–Crippen LogP) is 3.19. The topological polar surface area (TPSA) is 31.4 Å². The minimum absolute atomic E-state index is 0.448. The van der Waals surface area contributed by atoms with Gasteiger partial charge in [-0.1, -0.05) is 23.7 Å². The molecule has 0 radical (unpaired) electrons. The van der Waals surface area contributed by atoms with Gasteiger partial charge in [0.1, 0.15) is 19.0 Å². The number of rotatable bonds is 5. The molecule has 0 amide bonds. The summed E-state index contributed by atoms with van der Waals surface area (Å²) < 4.78 is 10.9. The first-order chi connectivity index (χ1) is 8.34. The molecule has 0 aliphatic heterocycles. The van der Waals surface area contributed by atoms with E-state index in [4.69, 9.17) is 21.1 Å². The van der Waals surface area contributed by atoms with Crippen LogP contribution in [-0.2, 0) is 0 Å². The molecule has 0 unspecified atom stereocenters. The largest absolute Gasteiger partial charge is 0.490 e. The molecule has 88 valence electrons. The van der Waals surface area contributed by atoms with Crippen molar-refractivity contribution in [2.24, 2.45) is 0 Å². The molecule has 0 fully saturated rings. The van der Waals surface area contributed by atoms with Gasteiger partial charge >= 0.3 is 0 Å². The molecule has 0 saturated carbocycles. The molecule has 2 rings (SSSR count). The Labute approximate surface area is 105 Å². The standard InChI is InChI=1S/C13H12ClNO2/c14-11-4-3-5-12(10-11)16-8-9-17-13-6-1-2-7-15-13/h1-7,10H,8-9H2. The monoisotopic (exact) mass is 249 g/mol. The van der Waals surface area contributed by atoms with E-state index in [2.05, 4.69) is 4.98 Å². The van der Waals surface area contributed by atoms with Gasteiger partial charge < -0.3 is 9.47 Å². The Kier molecular flexibility index (Phi) is 4.22. The van der Waals surface area contributed by atoms with Crippen LogP contribution in [0, 0.1) is 0 Å². The summed E-state index contributed by atoms with van der Waals surface area (Å²) in [5.41, 5.74) is 0. The molecule has 2 aromatic rings. The number of hydrogen-bond acceptors (Lipinski definition) is 3. The summed E-state index contributed by atoms with van der Waals surface area (Å²) in [7, 11) is 0. The van der Waals surface area contributed by atoms with Gasteiger partial charge in [-0.25, -0.2) is 4.98 Å². The van der Waals surface area contributed by atoms with Crippen molar-refractivity contribution in [3.8, 4) is 11.6 Å². The minimum atomic E-state index is 0.448. The summed E-state index contributed by atoms with van der Waals surface area (Å²) in [5.74, 6) is 1.34. The van der Waals surface area contributed by atoms with Crippen LogP contribution in [0.3, 0.4) is 0 Å². The highest BCUT2D eigenvalue weighted by Crippen LogP contribution is 2.16. The molecule has 0 aliphatic rings. The molecule has 0 N–H and O–H groups in total. The van der Waals surface area contributed by atoms with Gasteiger partial charge in [0, 0.05) is 17.3 Å². The number of halogens is 1. The molecule has 0 bridgehead atoms. The molecule has 1 heterocycles. The van der Waals surface area contributed by atoms with E-state index in [9.17, 15) is 0 Å². The van der Waals surface area contributed by atoms with Gasteiger partial charge in [0.2, 0.25) is 5.88 Å². The Balaban J connectivity index is 1.73. The summed E-state index contributed by atoms with van der Waals surface area (Å²) >= 11 is 5.83. The van der Waals surface area contributed by atoms with Crippen LogP contribution in [0.15, 0.2) is 48.7 Å². The Bertz CT molecular complexity index is 462. The molecule has 17 heavy (non-hydrogen) atoms. The number of ether oxygens (including phenoxy) is 2. The highest BCUT2D eigenvalue weighted by molar-refractivity contribution is 6.30. The van der Waals surface area contributed by atoms with E-state index >= 15 is 0 Å². The van der Waals surface area contributed by atoms with E-state index in [1.165, 1.54) is 0 Å². The maximum absolute atomic E-state index is 5.83. The summed E-state index contributed by atoms with van der Waals surface area (Å²) in [5, 5.41) is 0.660. The molecule has 0 saturated heterocycles. The van der Waals surface area contributed by atoms with Crippen LogP contribution in [0.2, 0.25) is 5.02 Å². The second-order valence-corrected chi connectivity index (χ2v) is 3.76. The van der Waals surface area contributed by atoms with Gasteiger partial charge in [0.25, 0.3) is 0 Å². The minimum Gasteiger partial charge on any atom is -0.490 e. The molecule has 0 atom stereocenters. The van der Waals surface area contributed by atoms with Crippen LogP contribution in [0.25, 0.3) is 0 Å². The van der Waals surface area contributed by atoms with Crippen LogP contribution in [0.5, 0.6) is 11.6 Å². The average Bonchev–Trinajstić information content (AvgIpc) is 2.36. The van der Waals surface area contributed by atoms with E-state index in [0.29, 0.717) is 24.1 Å². The molecule has 3 nitrogen and oxygen atoms in total. The van der Waals surface area contributed by atoms with Crippen molar-refractivity contribution in [1.82, 2.24) is 4.98 Å². The molecular formula is C13H12ClNO2. The second-order valence-electron chi connectivity index (χ2n) is 3.32. The summed E-state index contributed by atoms with van der Waals surface area (Å²) in [6.45, 7) is 0.903. The zero-order valence-corrected chi connectivity index (χ0v) is 9.93. The number of hydrogen-bond donors (Lipinski definition) is 0. The number of benzene rings is 1. The molecule has 4 heteroatoms. The number of pyridine rings is 1. The fourth-order valence-corrected chi connectivity index (χ4v) is 1.48. The van der Waals surface area contributed by atoms with Crippen LogP contribution < -0.4 is 9.47 Å². The van der Waals surface area contributed by atoms with E-state index < -0.39 is 0 Å². The first kappa shape index (κ1) is 11.7. The SMILES string of the molecule is Clc1cccc(OCCOc2ccccn2)c1. The van der Waals surface area contributed by atoms with E-state index in [1.807, 2.05) is 24.3 Å². The zero-order valence-electron chi connectivity index (χ0n) is 9.17. The van der Waals surface area contributed by atoms with Gasteiger partial charge in [-0.05, 0) is 24.3 Å². The Morgan fingerprint density at radius 3 is 2.65 bits per heavy atom. The first-order valence-corrected chi connectivity index (χ1v) is 5.64. The summed E-state index contributed by atoms with van der Waals surface area (Å²) in [6, 6.07) is 12.8. The fraction of sp³-hybridized carbons (Fsp3) is 0.154. The predicted molar refractivity (Wildman–Crippen MR) is 66.7 cm³/mol. The maximum atomic E-state index is 5.83. The quantitative estimate of drug-likeness (QED) is 0.763. The third-order valence-electron chi connectivity index (χ3n) is 2.04. The van der Waals surface area contributed by atoms with Crippen LogP contribution in [0.4, 0.5) is 0 Å². The number of nitrogens with zero attached hydrogens (tertiary/aromatic N) is 1. The van der Waals surface area contributed by atoms with Crippen LogP contribution in [-0.4, -0.2) is 18.2 Å². The van der Waals surface area contributed by atoms with Gasteiger partial charge in [-0.2, -0.15) is 0 Å². The second kappa shape index (κ2) is 6.11. The van der Waals surface area contributed by atoms with Crippen molar-refractivity contribution in [3.63, 3.8) is 0 Å². The third kappa shape index (κ3) is 3.96. The highest BCUT2D eigenvalue weighted by atomic mass is 35.5. The molecule has 1 aromatic carbocycles. The summed E-state index contributed by atoms with van der Waals surface area (Å²) in [6.07, 6.45) is 1.69. The van der Waals surface area contributed by atoms with Crippen molar-refractivity contribution in [1.29, 1.82) is 0 Å². The molecule has 0 spiro atoms. The van der Waals surface area contributed by atoms with E-state index in [0.717, 1.165) is 5.75 Å². The summed E-state index contributed by atoms with van der Waals surface area (Å²) in [4.78, 5) is 4.04. The lowest BCUT2D eigenvalue weighted by atomic mass is 10.3. The Morgan fingerprint density at radius 1 is 1.00 bits per heavy atom. The van der Waals surface area contributed by atoms with Gasteiger partial charge in [-0.3, -0.25) is 0 Å². The molecular weight excluding hydrogens is 238 g/mol. The van der Waals surface area contributed by atoms with Crippen molar-refractivity contribution >= 4 is 11.6 Å². The smallest absolute Gasteiger partial charge is 0.213 e. The first-order valence-electron chi connectivity index (χ1n) is 5.27. The third-order valence-corrected chi connectivity index (χ3v) is 2.27. The van der Waals surface area contributed by atoms with Gasteiger partial charge in [-0.15, -0.1) is 0 Å². The Morgan fingerprint density at radius 2 is 1.88 bits per heavy atom. The van der Waals surface area contributed by atoms with Gasteiger partial charge in [0.05, 0.1) is 0 Å². The number of aromatic nitrogens is 1. The highest BCUT2D eigenvalue weighted by Gasteiger charge is 1.96. The average molecular weight is 250 g/mol. The van der Waals surface area contributed by atoms with Gasteiger partial charge in [0.15, 0.2) is 0 Å². The lowest BCUT2D eigenvalue weighted by molar-refractivity contribution is 0.212. The fourth-order valence-electron chi connectivity index (χ4n) is 1.30. The lowest BCUT2D eigenvalue weighted by Gasteiger charge is -2.07. The van der Waals surface area contributed by atoms with E-state index in [-0.39, 0.29) is 0 Å². The molecule has 1 aromatic heterocycles. The van der Waals surface area contributed by atoms with Crippen molar-refractivity contribution in [2.45, 2.75) is 0 Å². The van der Waals surface area contributed by atoms with E-state index in [1.54, 1.807) is 24.4 Å². The maximum Gasteiger partial charge on any atom is 0.213 e. The zero-order chi connectivity index (χ0) is 11.9. The van der Waals surface area contributed by atoms with Crippen molar-refractivity contribution < 1.29 is 9.47 Å². The van der Waals surface area contributed by atoms with Crippen LogP contribution in [0.1, 0.15) is 0 Å². The lowest BCUT2D eigenvalue weighted by Crippen LogP contribution is -2.09. The molecule has 0 aliphatic carbocycles. The normalized spacial score (nSPS) is 9.94. The van der Waals surface area contributed by atoms with Crippen LogP contribution >= 0.6 is 11.6 Å².